The second kappa shape index (κ2) is 17.8. The third kappa shape index (κ3) is 33.5. The Kier molecular flexibility index (Phi) is 58.7. The molecular weight excluding hydrogens is 770 g/mol. The van der Waals surface area contributed by atoms with Crippen molar-refractivity contribution >= 4 is 18.9 Å². The van der Waals surface area contributed by atoms with Crippen LogP contribution in [-0.4, -0.2) is 0 Å². The van der Waals surface area contributed by atoms with E-state index in [4.69, 9.17) is 18.9 Å². The van der Waals surface area contributed by atoms with E-state index in [1.54, 1.807) is 0 Å². The van der Waals surface area contributed by atoms with Gasteiger partial charge in [-0.15, -0.1) is 0 Å². The van der Waals surface area contributed by atoms with Gasteiger partial charge >= 0.3 is 46.7 Å². The van der Waals surface area contributed by atoms with Crippen LogP contribution in [0.25, 0.3) is 0 Å². The Morgan fingerprint density at radius 2 is 1.00 bits per heavy atom. The Labute approximate surface area is 153 Å². The summed E-state index contributed by atoms with van der Waals surface area (Å²) in [5.41, 5.74) is 0. The molecule has 0 aromatic carbocycles. The van der Waals surface area contributed by atoms with Crippen molar-refractivity contribution in [2.45, 2.75) is 0 Å². The topological polar surface area (TPSA) is 0 Å². The third-order valence-electron chi connectivity index (χ3n) is 0. The molecule has 7 heavy (non-hydrogen) atoms. The van der Waals surface area contributed by atoms with E-state index in [1.807, 2.05) is 0 Å². The molecule has 0 nitrogen and oxygen atoms in total. The standard InChI is InChI=1S/3ClH.Dy.Er.Ho.Tm/h3*1H;;;;/q;;;+3;;;/p-3. The third-order valence-corrected chi connectivity index (χ3v) is 0. The van der Waals surface area contributed by atoms with Gasteiger partial charge in [0, 0.05) is 112 Å². The normalized spacial score (nSPS) is 6.43. The monoisotopic (exact) mass is 769 g/mol. The molecule has 0 N–H and O–H groups in total. The van der Waals surface area contributed by atoms with Crippen molar-refractivity contribution in [2.75, 3.05) is 0 Å². The fourth-order valence-corrected chi connectivity index (χ4v) is 0. The van der Waals surface area contributed by atoms with E-state index >= 15 is 0 Å². The van der Waals surface area contributed by atoms with E-state index in [0.717, 1.165) is 0 Å². The van der Waals surface area contributed by atoms with Crippen molar-refractivity contribution in [3.63, 3.8) is 0 Å². The largest absolute Gasteiger partial charge is 0 e. The summed E-state index contributed by atoms with van der Waals surface area (Å²) in [6, 6.07) is 0. The molecule has 0 aromatic rings. The first-order chi connectivity index (χ1) is 1.73. The summed E-state index contributed by atoms with van der Waals surface area (Å²) in [5, 5.41) is 0. The van der Waals surface area contributed by atoms with Crippen LogP contribution in [0.4, 0.5) is 0 Å². The summed E-state index contributed by atoms with van der Waals surface area (Å²) in [4.78, 5) is 0. The first-order valence-electron chi connectivity index (χ1n) is 0.359. The quantitative estimate of drug-likeness (QED) is 0.332. The van der Waals surface area contributed by atoms with Crippen LogP contribution in [0.15, 0.2) is 0 Å². The Balaban J connectivity index is -0.0000000150. The molecule has 67 valence electrons. The van der Waals surface area contributed by atoms with Crippen molar-refractivity contribution < 1.29 is 140 Å². The van der Waals surface area contributed by atoms with Crippen LogP contribution in [0.5, 0.6) is 0 Å². The fraction of sp³-hybridized carbons (Fsp3) is 0. The fourth-order valence-electron chi connectivity index (χ4n) is 0. The molecule has 2 radical (unpaired) electrons. The molecule has 0 spiro atoms. The zero-order valence-electron chi connectivity index (χ0n) is 2.32. The molecule has 0 heterocycles. The summed E-state index contributed by atoms with van der Waals surface area (Å²) in [5.74, 6) is 0. The van der Waals surface area contributed by atoms with Crippen LogP contribution in [0.2, 0.25) is 0 Å². The Morgan fingerprint density at radius 3 is 1.00 bits per heavy atom. The smallest absolute Gasteiger partial charge is 0 e. The Bertz CT molecular complexity index is 19.7. The van der Waals surface area contributed by atoms with Gasteiger partial charge in [-0.2, -0.15) is 0 Å². The zero-order chi connectivity index (χ0) is 3.58. The van der Waals surface area contributed by atoms with Crippen LogP contribution in [-0.2, 0) is 0 Å². The van der Waals surface area contributed by atoms with Gasteiger partial charge in [-0.3, -0.25) is 0 Å². The molecule has 7 heteroatoms. The molecule has 0 aliphatic rings. The molecule has 0 bridgehead atoms. The predicted molar refractivity (Wildman–Crippen MR) is 17.6 cm³/mol. The Morgan fingerprint density at radius 1 is 1.00 bits per heavy atom. The van der Waals surface area contributed by atoms with E-state index in [2.05, 4.69) is 0 Å². The van der Waals surface area contributed by atoms with Gasteiger partial charge < -0.3 is 0 Å². The minimum absolute atomic E-state index is 0. The molecule has 0 aliphatic carbocycles. The van der Waals surface area contributed by atoms with E-state index in [1.165, 1.54) is 0 Å². The molecule has 0 aliphatic heterocycles. The Hall–Kier alpha value is 5.88. The molecule has 0 saturated carbocycles. The van der Waals surface area contributed by atoms with E-state index in [0.29, 0.717) is 0 Å². The van der Waals surface area contributed by atoms with Gasteiger partial charge in [0.1, 0.15) is 0 Å². The number of rotatable bonds is 0. The summed E-state index contributed by atoms with van der Waals surface area (Å²) < 4.78 is 0. The maximum Gasteiger partial charge on any atom is 0 e. The zero-order valence-corrected chi connectivity index (χ0v) is 12.2. The minimum Gasteiger partial charge on any atom is 0 e. The van der Waals surface area contributed by atoms with Gasteiger partial charge in [-0.25, -0.2) is 0 Å². The second-order valence-corrected chi connectivity index (χ2v) is 9.05. The van der Waals surface area contributed by atoms with Crippen molar-refractivity contribution in [3.8, 4) is 0 Å². The van der Waals surface area contributed by atoms with Crippen molar-refractivity contribution in [1.82, 2.24) is 0 Å². The van der Waals surface area contributed by atoms with Gasteiger partial charge in [-0.1, -0.05) is 0 Å². The van der Waals surface area contributed by atoms with Crippen LogP contribution in [0, 0.1) is 140 Å². The number of hydrogen-bond donors (Lipinski definition) is 0. The molecule has 0 amide bonds. The molecule has 0 fully saturated rings. The minimum atomic E-state index is -1.85. The van der Waals surface area contributed by atoms with Crippen LogP contribution < -0.4 is 0 Å². The molecule has 0 rings (SSSR count). The summed E-state index contributed by atoms with van der Waals surface area (Å²) in [6.45, 7) is 0. The van der Waals surface area contributed by atoms with Gasteiger partial charge in [0.25, 0.3) is 0 Å². The predicted octanol–water partition coefficient (Wildman–Crippen LogP) is 2.07. The average Bonchev–Trinajstić information content (AvgIpc) is 0.811. The van der Waals surface area contributed by atoms with Gasteiger partial charge in [0.15, 0.2) is 0 Å². The first-order valence-corrected chi connectivity index (χ1v) is 7.98. The number of halogens is 3. The summed E-state index contributed by atoms with van der Waals surface area (Å²) in [7, 11) is 0. The van der Waals surface area contributed by atoms with Crippen LogP contribution in [0.1, 0.15) is 0 Å². The second-order valence-electron chi connectivity index (χ2n) is 0.136. The molecule has 0 unspecified atom stereocenters. The van der Waals surface area contributed by atoms with Gasteiger partial charge in [0.2, 0.25) is 0 Å². The van der Waals surface area contributed by atoms with Gasteiger partial charge in [0.05, 0.1) is 0 Å². The molecule has 0 atom stereocenters. The van der Waals surface area contributed by atoms with Crippen molar-refractivity contribution in [2.24, 2.45) is 0 Å². The van der Waals surface area contributed by atoms with Crippen LogP contribution >= 0.6 is 18.9 Å². The van der Waals surface area contributed by atoms with E-state index < -0.39 is 27.7 Å². The average molecular weight is 770 g/mol. The van der Waals surface area contributed by atoms with E-state index in [-0.39, 0.29) is 112 Å². The van der Waals surface area contributed by atoms with Crippen LogP contribution in [0.3, 0.4) is 0 Å². The molecule has 0 saturated heterocycles. The van der Waals surface area contributed by atoms with E-state index in [9.17, 15) is 0 Å². The van der Waals surface area contributed by atoms with Gasteiger partial charge in [-0.05, 0) is 0 Å². The maximum absolute atomic E-state index is 4.96. The summed E-state index contributed by atoms with van der Waals surface area (Å²) in [6.07, 6.45) is 14.9. The number of hydrogen-bond acceptors (Lipinski definition) is 0. The van der Waals surface area contributed by atoms with Crippen molar-refractivity contribution in [1.29, 1.82) is 0 Å². The first kappa shape index (κ1) is 23.1. The maximum atomic E-state index is 4.96. The summed E-state index contributed by atoms with van der Waals surface area (Å²) >= 11 is -1.85. The molecular formula is Cl3DyErHoTm. The molecule has 0 aromatic heterocycles. The van der Waals surface area contributed by atoms with Crippen molar-refractivity contribution in [3.05, 3.63) is 0 Å². The SMILES string of the molecule is [Cl][Dy]([Cl])[Cl].[Er].[Ho].[Tm].